The van der Waals surface area contributed by atoms with Crippen LogP contribution in [0.1, 0.15) is 22.3 Å². The van der Waals surface area contributed by atoms with Crippen LogP contribution in [-0.4, -0.2) is 48.8 Å². The standard InChI is InChI=1S/C23H27N3O3S2/c1-14-5-7-18(16(3)9-14)24-22(27)11-30-23-25-19-12-31(28,29)13-21(19)26(23)20-8-6-15(2)10-17(20)4/h5-10,19,21H,11-13H2,1-4H3,(H,24,27)/t19-,21+/m1/s1. The van der Waals surface area contributed by atoms with Gasteiger partial charge in [0.25, 0.3) is 0 Å². The average molecular weight is 458 g/mol. The summed E-state index contributed by atoms with van der Waals surface area (Å²) in [6.07, 6.45) is 0. The van der Waals surface area contributed by atoms with Crippen molar-refractivity contribution in [1.29, 1.82) is 0 Å². The highest BCUT2D eigenvalue weighted by Crippen LogP contribution is 2.36. The summed E-state index contributed by atoms with van der Waals surface area (Å²) < 4.78 is 24.5. The first-order valence-corrected chi connectivity index (χ1v) is 13.1. The maximum atomic E-state index is 12.6. The topological polar surface area (TPSA) is 78.8 Å². The van der Waals surface area contributed by atoms with Crippen LogP contribution in [0.3, 0.4) is 0 Å². The smallest absolute Gasteiger partial charge is 0.234 e. The van der Waals surface area contributed by atoms with Crippen LogP contribution in [-0.2, 0) is 14.6 Å². The summed E-state index contributed by atoms with van der Waals surface area (Å²) in [5.74, 6) is 0.259. The fourth-order valence-electron chi connectivity index (χ4n) is 4.26. The molecule has 0 radical (unpaired) electrons. The first-order chi connectivity index (χ1) is 14.6. The lowest BCUT2D eigenvalue weighted by Gasteiger charge is -2.28. The third-order valence-corrected chi connectivity index (χ3v) is 8.37. The third-order valence-electron chi connectivity index (χ3n) is 5.71. The van der Waals surface area contributed by atoms with E-state index in [1.165, 1.54) is 11.8 Å². The molecule has 2 heterocycles. The van der Waals surface area contributed by atoms with Crippen molar-refractivity contribution in [2.75, 3.05) is 27.5 Å². The number of nitrogens with one attached hydrogen (secondary N) is 1. The van der Waals surface area contributed by atoms with Gasteiger partial charge in [0.15, 0.2) is 15.0 Å². The molecule has 0 saturated carbocycles. The summed E-state index contributed by atoms with van der Waals surface area (Å²) in [4.78, 5) is 19.4. The highest BCUT2D eigenvalue weighted by Gasteiger charge is 2.47. The molecule has 1 N–H and O–H groups in total. The lowest BCUT2D eigenvalue weighted by Crippen LogP contribution is -2.39. The number of nitrogens with zero attached hydrogens (tertiary/aromatic N) is 2. The van der Waals surface area contributed by atoms with Gasteiger partial charge >= 0.3 is 0 Å². The van der Waals surface area contributed by atoms with Crippen molar-refractivity contribution in [2.45, 2.75) is 39.8 Å². The minimum absolute atomic E-state index is 0.0674. The summed E-state index contributed by atoms with van der Waals surface area (Å²) in [5, 5.41) is 3.68. The molecular weight excluding hydrogens is 430 g/mol. The zero-order valence-electron chi connectivity index (χ0n) is 18.2. The number of fused-ring (bicyclic) bond motifs is 1. The molecule has 0 bridgehead atoms. The predicted octanol–water partition coefficient (Wildman–Crippen LogP) is 3.63. The van der Waals surface area contributed by atoms with Crippen molar-refractivity contribution in [2.24, 2.45) is 4.99 Å². The van der Waals surface area contributed by atoms with E-state index in [0.717, 1.165) is 33.6 Å². The number of benzene rings is 2. The second kappa shape index (κ2) is 8.31. The molecule has 2 aliphatic rings. The van der Waals surface area contributed by atoms with E-state index in [2.05, 4.69) is 11.4 Å². The number of amidine groups is 1. The Morgan fingerprint density at radius 3 is 2.42 bits per heavy atom. The summed E-state index contributed by atoms with van der Waals surface area (Å²) in [5.41, 5.74) is 6.15. The number of thioether (sulfide) groups is 1. The van der Waals surface area contributed by atoms with Crippen LogP contribution in [0, 0.1) is 27.7 Å². The van der Waals surface area contributed by atoms with Crippen molar-refractivity contribution in [3.05, 3.63) is 58.7 Å². The van der Waals surface area contributed by atoms with Gasteiger partial charge in [-0.25, -0.2) is 8.42 Å². The number of amides is 1. The van der Waals surface area contributed by atoms with E-state index < -0.39 is 9.84 Å². The number of anilines is 2. The zero-order valence-corrected chi connectivity index (χ0v) is 19.8. The summed E-state index contributed by atoms with van der Waals surface area (Å²) in [6.45, 7) is 8.05. The molecule has 0 unspecified atom stereocenters. The quantitative estimate of drug-likeness (QED) is 0.758. The highest BCUT2D eigenvalue weighted by molar-refractivity contribution is 8.14. The molecule has 6 nitrogen and oxygen atoms in total. The van der Waals surface area contributed by atoms with E-state index in [1.54, 1.807) is 0 Å². The van der Waals surface area contributed by atoms with Gasteiger partial charge < -0.3 is 10.2 Å². The molecule has 2 aliphatic heterocycles. The minimum Gasteiger partial charge on any atom is -0.325 e. The summed E-state index contributed by atoms with van der Waals surface area (Å²) in [6, 6.07) is 11.6. The molecule has 0 aliphatic carbocycles. The molecular formula is C23H27N3O3S2. The number of aliphatic imine (C=N–C) groups is 1. The van der Waals surface area contributed by atoms with Gasteiger partial charge in [-0.2, -0.15) is 0 Å². The van der Waals surface area contributed by atoms with Crippen molar-refractivity contribution in [1.82, 2.24) is 0 Å². The lowest BCUT2D eigenvalue weighted by molar-refractivity contribution is -0.113. The van der Waals surface area contributed by atoms with Crippen LogP contribution in [0.2, 0.25) is 0 Å². The molecule has 0 aromatic heterocycles. The molecule has 1 saturated heterocycles. The SMILES string of the molecule is Cc1ccc(NC(=O)CSC2=N[C@@H]3CS(=O)(=O)C[C@@H]3N2c2ccc(C)cc2C)c(C)c1. The van der Waals surface area contributed by atoms with Gasteiger partial charge in [0.05, 0.1) is 29.3 Å². The molecule has 1 fully saturated rings. The fraction of sp³-hybridized carbons (Fsp3) is 0.391. The Balaban J connectivity index is 1.53. The number of hydrogen-bond acceptors (Lipinski definition) is 6. The van der Waals surface area contributed by atoms with Crippen LogP contribution in [0.25, 0.3) is 0 Å². The summed E-state index contributed by atoms with van der Waals surface area (Å²) in [7, 11) is -3.11. The van der Waals surface area contributed by atoms with Gasteiger partial charge in [-0.15, -0.1) is 0 Å². The largest absolute Gasteiger partial charge is 0.325 e. The van der Waals surface area contributed by atoms with E-state index >= 15 is 0 Å². The zero-order chi connectivity index (χ0) is 22.3. The van der Waals surface area contributed by atoms with E-state index in [-0.39, 0.29) is 35.2 Å². The van der Waals surface area contributed by atoms with Crippen molar-refractivity contribution >= 4 is 44.0 Å². The molecule has 164 valence electrons. The van der Waals surface area contributed by atoms with Crippen molar-refractivity contribution in [3.8, 4) is 0 Å². The van der Waals surface area contributed by atoms with Crippen LogP contribution in [0.15, 0.2) is 41.4 Å². The van der Waals surface area contributed by atoms with Gasteiger partial charge in [-0.1, -0.05) is 47.2 Å². The van der Waals surface area contributed by atoms with E-state index in [4.69, 9.17) is 4.99 Å². The van der Waals surface area contributed by atoms with Crippen LogP contribution < -0.4 is 10.2 Å². The maximum Gasteiger partial charge on any atom is 0.234 e. The normalized spacial score (nSPS) is 21.7. The molecule has 0 spiro atoms. The van der Waals surface area contributed by atoms with Crippen molar-refractivity contribution in [3.63, 3.8) is 0 Å². The Bertz CT molecular complexity index is 1170. The fourth-order valence-corrected chi connectivity index (χ4v) is 7.02. The minimum atomic E-state index is -3.11. The van der Waals surface area contributed by atoms with E-state index in [0.29, 0.717) is 5.17 Å². The first kappa shape index (κ1) is 21.9. The van der Waals surface area contributed by atoms with Crippen LogP contribution in [0.4, 0.5) is 11.4 Å². The number of carbonyl (C=O) groups is 1. The number of aryl methyl sites for hydroxylation is 4. The molecule has 2 aromatic carbocycles. The third kappa shape index (κ3) is 4.65. The number of rotatable bonds is 4. The maximum absolute atomic E-state index is 12.6. The molecule has 31 heavy (non-hydrogen) atoms. The van der Waals surface area contributed by atoms with E-state index in [9.17, 15) is 13.2 Å². The van der Waals surface area contributed by atoms with Crippen LogP contribution >= 0.6 is 11.8 Å². The second-order valence-corrected chi connectivity index (χ2v) is 11.5. The number of hydrogen-bond donors (Lipinski definition) is 1. The Labute approximate surface area is 188 Å². The van der Waals surface area contributed by atoms with Gasteiger partial charge in [-0.3, -0.25) is 9.79 Å². The lowest BCUT2D eigenvalue weighted by atomic mass is 10.1. The van der Waals surface area contributed by atoms with Gasteiger partial charge in [-0.05, 0) is 51.0 Å². The molecule has 2 atom stereocenters. The molecule has 8 heteroatoms. The van der Waals surface area contributed by atoms with Gasteiger partial charge in [0, 0.05) is 11.4 Å². The van der Waals surface area contributed by atoms with E-state index in [1.807, 2.05) is 62.9 Å². The monoisotopic (exact) mass is 457 g/mol. The van der Waals surface area contributed by atoms with Crippen LogP contribution in [0.5, 0.6) is 0 Å². The predicted molar refractivity (Wildman–Crippen MR) is 129 cm³/mol. The highest BCUT2D eigenvalue weighted by atomic mass is 32.2. The molecule has 4 rings (SSSR count). The van der Waals surface area contributed by atoms with Crippen molar-refractivity contribution < 1.29 is 13.2 Å². The Kier molecular flexibility index (Phi) is 5.87. The Morgan fingerprint density at radius 2 is 1.74 bits per heavy atom. The molecule has 1 amide bonds. The number of carbonyl (C=O) groups excluding carboxylic acids is 1. The first-order valence-electron chi connectivity index (χ1n) is 10.3. The Morgan fingerprint density at radius 1 is 1.06 bits per heavy atom. The summed E-state index contributed by atoms with van der Waals surface area (Å²) >= 11 is 1.36. The van der Waals surface area contributed by atoms with Gasteiger partial charge in [0.2, 0.25) is 5.91 Å². The molecule has 2 aromatic rings. The second-order valence-electron chi connectivity index (χ2n) is 8.44. The number of sulfone groups is 1. The average Bonchev–Trinajstić information content (AvgIpc) is 3.14. The van der Waals surface area contributed by atoms with Gasteiger partial charge in [0.1, 0.15) is 0 Å². The Hall–Kier alpha value is -2.32.